The topological polar surface area (TPSA) is 17.1 Å². The molecule has 2 heteroatoms. The molecule has 2 aromatic carbocycles. The van der Waals surface area contributed by atoms with Crippen LogP contribution < -0.4 is 0 Å². The third kappa shape index (κ3) is 6.99. The normalized spacial score (nSPS) is 9.06. The number of carbonyl (C=O) groups excluding carboxylic acids is 1. The maximum Gasteiger partial charge on any atom is 0.112 e. The largest absolute Gasteiger partial charge is 0.306 e. The van der Waals surface area contributed by atoms with E-state index in [1.165, 1.54) is 0 Å². The molecule has 0 fully saturated rings. The van der Waals surface area contributed by atoms with E-state index in [4.69, 9.17) is 0 Å². The average molecular weight is 254 g/mol. The number of hydrogen-bond donors (Lipinski definition) is 0. The van der Waals surface area contributed by atoms with E-state index < -0.39 is 0 Å². The standard InChI is InChI=1S/C9H9O.C5H5.Fe/c1-8(10)6-7-9-4-2-3-5-9;1-2-4-5-3-1;/h2-7H,1H3;1-5H;/q2*-1;/b7-6+;;. The summed E-state index contributed by atoms with van der Waals surface area (Å²) < 4.78 is 0. The van der Waals surface area contributed by atoms with Crippen molar-refractivity contribution in [2.75, 3.05) is 0 Å². The minimum Gasteiger partial charge on any atom is -0.306 e. The molecule has 2 rings (SSSR count). The van der Waals surface area contributed by atoms with Gasteiger partial charge in [0.05, 0.1) is 0 Å². The van der Waals surface area contributed by atoms with Crippen LogP contribution in [0.5, 0.6) is 0 Å². The smallest absolute Gasteiger partial charge is 0.112 e. The predicted molar refractivity (Wildman–Crippen MR) is 63.8 cm³/mol. The van der Waals surface area contributed by atoms with Gasteiger partial charge in [0.2, 0.25) is 0 Å². The second-order valence-electron chi connectivity index (χ2n) is 3.12. The summed E-state index contributed by atoms with van der Waals surface area (Å²) in [6, 6.07) is 17.8. The summed E-state index contributed by atoms with van der Waals surface area (Å²) in [5.74, 6) is 0.0844. The van der Waals surface area contributed by atoms with Gasteiger partial charge in [0, 0.05) is 17.1 Å². The van der Waals surface area contributed by atoms with E-state index in [0.717, 1.165) is 5.56 Å². The molecule has 0 radical (unpaired) electrons. The molecular formula is C14H14FeO-2. The van der Waals surface area contributed by atoms with E-state index in [-0.39, 0.29) is 22.9 Å². The fourth-order valence-corrected chi connectivity index (χ4v) is 1.03. The van der Waals surface area contributed by atoms with Gasteiger partial charge in [-0.3, -0.25) is 0 Å². The fourth-order valence-electron chi connectivity index (χ4n) is 1.03. The molecule has 0 heterocycles. The average Bonchev–Trinajstić information content (AvgIpc) is 2.91. The number of carbonyl (C=O) groups is 1. The predicted octanol–water partition coefficient (Wildman–Crippen LogP) is 3.41. The first-order valence-corrected chi connectivity index (χ1v) is 4.86. The van der Waals surface area contributed by atoms with Gasteiger partial charge in [0.25, 0.3) is 0 Å². The molecule has 0 spiro atoms. The van der Waals surface area contributed by atoms with Crippen LogP contribution in [-0.4, -0.2) is 5.78 Å². The van der Waals surface area contributed by atoms with Gasteiger partial charge in [-0.15, -0.1) is 23.8 Å². The molecule has 0 saturated heterocycles. The van der Waals surface area contributed by atoms with E-state index in [0.29, 0.717) is 0 Å². The molecule has 86 valence electrons. The molecule has 0 aliphatic heterocycles. The van der Waals surface area contributed by atoms with Crippen molar-refractivity contribution in [3.8, 4) is 0 Å². The van der Waals surface area contributed by atoms with Crippen molar-refractivity contribution in [1.82, 2.24) is 0 Å². The minimum absolute atomic E-state index is 0. The third-order valence-corrected chi connectivity index (χ3v) is 1.75. The Hall–Kier alpha value is -1.37. The SMILES string of the molecule is CC(=O)/C=C/[c-]1cccc1.[Fe].c1cc[cH-]c1. The summed E-state index contributed by atoms with van der Waals surface area (Å²) in [7, 11) is 0. The zero-order valence-corrected chi connectivity index (χ0v) is 10.2. The maximum atomic E-state index is 10.5. The first-order valence-electron chi connectivity index (χ1n) is 4.86. The summed E-state index contributed by atoms with van der Waals surface area (Å²) in [6.07, 6.45) is 3.37. The van der Waals surface area contributed by atoms with Gasteiger partial charge >= 0.3 is 0 Å². The number of hydrogen-bond acceptors (Lipinski definition) is 1. The van der Waals surface area contributed by atoms with Gasteiger partial charge in [-0.2, -0.15) is 30.3 Å². The van der Waals surface area contributed by atoms with E-state index in [1.54, 1.807) is 13.0 Å². The van der Waals surface area contributed by atoms with Crippen LogP contribution in [0.3, 0.4) is 0 Å². The monoisotopic (exact) mass is 254 g/mol. The van der Waals surface area contributed by atoms with Crippen LogP contribution in [0.4, 0.5) is 0 Å². The second-order valence-corrected chi connectivity index (χ2v) is 3.12. The third-order valence-electron chi connectivity index (χ3n) is 1.75. The molecule has 0 amide bonds. The summed E-state index contributed by atoms with van der Waals surface area (Å²) in [4.78, 5) is 10.5. The zero-order chi connectivity index (χ0) is 10.9. The van der Waals surface area contributed by atoms with Crippen molar-refractivity contribution < 1.29 is 21.9 Å². The van der Waals surface area contributed by atoms with Gasteiger partial charge in [-0.1, -0.05) is 6.08 Å². The molecule has 0 aliphatic rings. The van der Waals surface area contributed by atoms with Gasteiger partial charge < -0.3 is 4.79 Å². The Morgan fingerprint density at radius 3 is 2.06 bits per heavy atom. The molecule has 0 aromatic heterocycles. The molecule has 2 aromatic rings. The minimum atomic E-state index is 0. The quantitative estimate of drug-likeness (QED) is 0.456. The van der Waals surface area contributed by atoms with Crippen molar-refractivity contribution in [2.24, 2.45) is 0 Å². The maximum absolute atomic E-state index is 10.5. The summed E-state index contributed by atoms with van der Waals surface area (Å²) >= 11 is 0. The van der Waals surface area contributed by atoms with Crippen LogP contribution >= 0.6 is 0 Å². The molecule has 1 nitrogen and oxygen atoms in total. The van der Waals surface area contributed by atoms with E-state index >= 15 is 0 Å². The first kappa shape index (κ1) is 14.6. The van der Waals surface area contributed by atoms with Crippen LogP contribution in [-0.2, 0) is 21.9 Å². The molecule has 16 heavy (non-hydrogen) atoms. The Morgan fingerprint density at radius 2 is 1.69 bits per heavy atom. The molecule has 0 unspecified atom stereocenters. The summed E-state index contributed by atoms with van der Waals surface area (Å²) in [5, 5.41) is 0. The van der Waals surface area contributed by atoms with Gasteiger partial charge in [-0.25, -0.2) is 12.1 Å². The van der Waals surface area contributed by atoms with E-state index in [9.17, 15) is 4.79 Å². The molecule has 0 N–H and O–H groups in total. The van der Waals surface area contributed by atoms with Crippen molar-refractivity contribution in [1.29, 1.82) is 0 Å². The van der Waals surface area contributed by atoms with Gasteiger partial charge in [0.15, 0.2) is 0 Å². The molecule has 0 saturated carbocycles. The van der Waals surface area contributed by atoms with Crippen molar-refractivity contribution in [3.63, 3.8) is 0 Å². The number of allylic oxidation sites excluding steroid dienone is 1. The van der Waals surface area contributed by atoms with Crippen LogP contribution in [0.25, 0.3) is 6.08 Å². The Kier molecular flexibility index (Phi) is 8.14. The summed E-state index contributed by atoms with van der Waals surface area (Å²) in [6.45, 7) is 1.54. The molecule has 0 bridgehead atoms. The Labute approximate surface area is 107 Å². The van der Waals surface area contributed by atoms with Crippen LogP contribution in [0.2, 0.25) is 0 Å². The molecule has 0 atom stereocenters. The van der Waals surface area contributed by atoms with Gasteiger partial charge in [0.1, 0.15) is 5.78 Å². The zero-order valence-electron chi connectivity index (χ0n) is 9.11. The number of ketones is 1. The molecule has 0 aliphatic carbocycles. The van der Waals surface area contributed by atoms with E-state index in [2.05, 4.69) is 0 Å². The van der Waals surface area contributed by atoms with Crippen LogP contribution in [0, 0.1) is 0 Å². The molecular weight excluding hydrogens is 240 g/mol. The Morgan fingerprint density at radius 1 is 1.12 bits per heavy atom. The fraction of sp³-hybridized carbons (Fsp3) is 0.0714. The van der Waals surface area contributed by atoms with E-state index in [1.807, 2.05) is 60.7 Å². The Bertz CT molecular complexity index is 365. The second kappa shape index (κ2) is 8.90. The van der Waals surface area contributed by atoms with Crippen molar-refractivity contribution >= 4 is 11.9 Å². The van der Waals surface area contributed by atoms with Crippen molar-refractivity contribution in [2.45, 2.75) is 6.92 Å². The first-order chi connectivity index (χ1) is 7.29. The van der Waals surface area contributed by atoms with Gasteiger partial charge in [-0.05, 0) is 6.92 Å². The van der Waals surface area contributed by atoms with Crippen LogP contribution in [0.1, 0.15) is 12.5 Å². The summed E-state index contributed by atoms with van der Waals surface area (Å²) in [5.41, 5.74) is 1.08. The van der Waals surface area contributed by atoms with Crippen molar-refractivity contribution in [3.05, 3.63) is 66.2 Å². The Balaban J connectivity index is 0.000000318. The van der Waals surface area contributed by atoms with Crippen LogP contribution in [0.15, 0.2) is 60.7 Å². The number of rotatable bonds is 2.